The van der Waals surface area contributed by atoms with Gasteiger partial charge in [0.2, 0.25) is 0 Å². The molecule has 4 heteroatoms. The Morgan fingerprint density at radius 2 is 1.90 bits per heavy atom. The monoisotopic (exact) mass is 274 g/mol. The van der Waals surface area contributed by atoms with Gasteiger partial charge >= 0.3 is 0 Å². The van der Waals surface area contributed by atoms with E-state index in [2.05, 4.69) is 0 Å². The summed E-state index contributed by atoms with van der Waals surface area (Å²) in [6.07, 6.45) is 0. The molecule has 0 aromatic heterocycles. The van der Waals surface area contributed by atoms with Crippen molar-refractivity contribution in [1.29, 1.82) is 0 Å². The second-order valence-electron chi connectivity index (χ2n) is 4.96. The highest BCUT2D eigenvalue weighted by Crippen LogP contribution is 2.30. The molecule has 2 rings (SSSR count). The molecule has 0 radical (unpaired) electrons. The fourth-order valence-corrected chi connectivity index (χ4v) is 1.92. The molecule has 0 saturated carbocycles. The molecule has 2 aromatic carbocycles. The van der Waals surface area contributed by atoms with Gasteiger partial charge in [-0.15, -0.1) is 0 Å². The van der Waals surface area contributed by atoms with Gasteiger partial charge in [0.05, 0.1) is 0 Å². The van der Waals surface area contributed by atoms with Crippen LogP contribution in [0.2, 0.25) is 0 Å². The van der Waals surface area contributed by atoms with Crippen molar-refractivity contribution in [3.05, 3.63) is 53.8 Å². The molecule has 1 unspecified atom stereocenters. The Kier molecular flexibility index (Phi) is 4.25. The summed E-state index contributed by atoms with van der Waals surface area (Å²) < 4.78 is 19.1. The molecule has 0 amide bonds. The third kappa shape index (κ3) is 3.27. The summed E-state index contributed by atoms with van der Waals surface area (Å²) in [6.45, 7) is 1.80. The third-order valence-electron chi connectivity index (χ3n) is 3.02. The normalized spacial score (nSPS) is 12.1. The van der Waals surface area contributed by atoms with E-state index >= 15 is 0 Å². The molecule has 0 aliphatic heterocycles. The third-order valence-corrected chi connectivity index (χ3v) is 3.02. The Morgan fingerprint density at radius 1 is 1.15 bits per heavy atom. The minimum atomic E-state index is -0.313. The fraction of sp³-hybridized carbons (Fsp3) is 0.250. The van der Waals surface area contributed by atoms with Crippen molar-refractivity contribution in [1.82, 2.24) is 0 Å². The van der Waals surface area contributed by atoms with Crippen LogP contribution in [0.3, 0.4) is 0 Å². The molecule has 3 nitrogen and oxygen atoms in total. The number of nitrogens with zero attached hydrogens (tertiary/aromatic N) is 1. The Morgan fingerprint density at radius 3 is 2.55 bits per heavy atom. The number of ether oxygens (including phenoxy) is 1. The summed E-state index contributed by atoms with van der Waals surface area (Å²) >= 11 is 0. The van der Waals surface area contributed by atoms with E-state index in [4.69, 9.17) is 10.5 Å². The zero-order valence-electron chi connectivity index (χ0n) is 11.9. The van der Waals surface area contributed by atoms with Crippen LogP contribution >= 0.6 is 0 Å². The number of nitrogens with two attached hydrogens (primary N) is 1. The summed E-state index contributed by atoms with van der Waals surface area (Å²) in [5.74, 6) is 0.966. The lowest BCUT2D eigenvalue weighted by molar-refractivity contribution is 0.469. The summed E-state index contributed by atoms with van der Waals surface area (Å²) in [4.78, 5) is 1.99. The molecule has 0 aliphatic rings. The number of halogens is 1. The standard InChI is InChI=1S/C16H19FN2O/c1-11(18)15-9-12(17)7-8-16(15)20-14-6-4-5-13(10-14)19(2)3/h4-11H,18H2,1-3H3. The van der Waals surface area contributed by atoms with E-state index in [9.17, 15) is 4.39 Å². The number of hydrogen-bond acceptors (Lipinski definition) is 3. The second kappa shape index (κ2) is 5.92. The first kappa shape index (κ1) is 14.3. The number of hydrogen-bond donors (Lipinski definition) is 1. The molecule has 106 valence electrons. The number of benzene rings is 2. The van der Waals surface area contributed by atoms with Gasteiger partial charge in [0.25, 0.3) is 0 Å². The fourth-order valence-electron chi connectivity index (χ4n) is 1.92. The van der Waals surface area contributed by atoms with Crippen molar-refractivity contribution in [2.75, 3.05) is 19.0 Å². The van der Waals surface area contributed by atoms with E-state index in [0.29, 0.717) is 17.1 Å². The lowest BCUT2D eigenvalue weighted by atomic mass is 10.1. The van der Waals surface area contributed by atoms with Gasteiger partial charge in [0.15, 0.2) is 0 Å². The van der Waals surface area contributed by atoms with Crippen LogP contribution in [0.15, 0.2) is 42.5 Å². The van der Waals surface area contributed by atoms with Crippen molar-refractivity contribution in [3.8, 4) is 11.5 Å². The van der Waals surface area contributed by atoms with Crippen molar-refractivity contribution < 1.29 is 9.13 Å². The van der Waals surface area contributed by atoms with E-state index < -0.39 is 0 Å². The van der Waals surface area contributed by atoms with Crippen LogP contribution in [0.5, 0.6) is 11.5 Å². The van der Waals surface area contributed by atoms with Crippen molar-refractivity contribution in [2.24, 2.45) is 5.73 Å². The molecule has 0 saturated heterocycles. The zero-order valence-corrected chi connectivity index (χ0v) is 11.9. The molecular formula is C16H19FN2O. The van der Waals surface area contributed by atoms with Gasteiger partial charge in [0, 0.05) is 37.5 Å². The van der Waals surface area contributed by atoms with E-state index in [1.165, 1.54) is 12.1 Å². The van der Waals surface area contributed by atoms with Crippen LogP contribution in [0.1, 0.15) is 18.5 Å². The van der Waals surface area contributed by atoms with Gasteiger partial charge in [-0.1, -0.05) is 6.07 Å². The van der Waals surface area contributed by atoms with E-state index in [-0.39, 0.29) is 11.9 Å². The molecule has 0 aliphatic carbocycles. The van der Waals surface area contributed by atoms with Gasteiger partial charge in [-0.2, -0.15) is 0 Å². The molecular weight excluding hydrogens is 255 g/mol. The summed E-state index contributed by atoms with van der Waals surface area (Å²) in [7, 11) is 3.93. The van der Waals surface area contributed by atoms with Crippen LogP contribution in [0.4, 0.5) is 10.1 Å². The lowest BCUT2D eigenvalue weighted by Crippen LogP contribution is -2.09. The second-order valence-corrected chi connectivity index (χ2v) is 4.96. The topological polar surface area (TPSA) is 38.5 Å². The first-order chi connectivity index (χ1) is 9.47. The van der Waals surface area contributed by atoms with Gasteiger partial charge < -0.3 is 15.4 Å². The van der Waals surface area contributed by atoms with Crippen LogP contribution in [-0.4, -0.2) is 14.1 Å². The first-order valence-corrected chi connectivity index (χ1v) is 6.47. The molecule has 0 spiro atoms. The van der Waals surface area contributed by atoms with Crippen molar-refractivity contribution in [3.63, 3.8) is 0 Å². The van der Waals surface area contributed by atoms with Gasteiger partial charge in [0.1, 0.15) is 17.3 Å². The van der Waals surface area contributed by atoms with Gasteiger partial charge in [-0.25, -0.2) is 4.39 Å². The molecule has 0 heterocycles. The summed E-state index contributed by atoms with van der Waals surface area (Å²) in [5, 5.41) is 0. The number of rotatable bonds is 4. The van der Waals surface area contributed by atoms with Crippen LogP contribution in [0.25, 0.3) is 0 Å². The Labute approximate surface area is 118 Å². The smallest absolute Gasteiger partial charge is 0.132 e. The van der Waals surface area contributed by atoms with Gasteiger partial charge in [-0.3, -0.25) is 0 Å². The molecule has 20 heavy (non-hydrogen) atoms. The van der Waals surface area contributed by atoms with E-state index in [1.54, 1.807) is 13.0 Å². The largest absolute Gasteiger partial charge is 0.457 e. The minimum Gasteiger partial charge on any atom is -0.457 e. The Hall–Kier alpha value is -2.07. The highest BCUT2D eigenvalue weighted by molar-refractivity contribution is 5.51. The van der Waals surface area contributed by atoms with E-state index in [1.807, 2.05) is 43.3 Å². The molecule has 0 fully saturated rings. The lowest BCUT2D eigenvalue weighted by Gasteiger charge is -2.16. The molecule has 2 N–H and O–H groups in total. The van der Waals surface area contributed by atoms with Crippen LogP contribution < -0.4 is 15.4 Å². The maximum Gasteiger partial charge on any atom is 0.132 e. The first-order valence-electron chi connectivity index (χ1n) is 6.47. The maximum atomic E-state index is 13.3. The van der Waals surface area contributed by atoms with Crippen LogP contribution in [0, 0.1) is 5.82 Å². The minimum absolute atomic E-state index is 0.294. The summed E-state index contributed by atoms with van der Waals surface area (Å²) in [6, 6.07) is 11.8. The van der Waals surface area contributed by atoms with Crippen LogP contribution in [-0.2, 0) is 0 Å². The molecule has 0 bridgehead atoms. The maximum absolute atomic E-state index is 13.3. The average Bonchev–Trinajstić information content (AvgIpc) is 2.41. The average molecular weight is 274 g/mol. The van der Waals surface area contributed by atoms with E-state index in [0.717, 1.165) is 5.69 Å². The quantitative estimate of drug-likeness (QED) is 0.923. The van der Waals surface area contributed by atoms with Crippen molar-refractivity contribution >= 4 is 5.69 Å². The summed E-state index contributed by atoms with van der Waals surface area (Å²) in [5.41, 5.74) is 7.55. The molecule has 2 aromatic rings. The van der Waals surface area contributed by atoms with Gasteiger partial charge in [-0.05, 0) is 37.3 Å². The highest BCUT2D eigenvalue weighted by Gasteiger charge is 2.11. The molecule has 1 atom stereocenters. The predicted octanol–water partition coefficient (Wildman–Crippen LogP) is 3.70. The van der Waals surface area contributed by atoms with Crippen molar-refractivity contribution in [2.45, 2.75) is 13.0 Å². The Balaban J connectivity index is 2.32. The predicted molar refractivity (Wildman–Crippen MR) is 79.8 cm³/mol. The number of anilines is 1. The zero-order chi connectivity index (χ0) is 14.7. The SMILES string of the molecule is CC(N)c1cc(F)ccc1Oc1cccc(N(C)C)c1. The highest BCUT2D eigenvalue weighted by atomic mass is 19.1. The Bertz CT molecular complexity index is 597.